The summed E-state index contributed by atoms with van der Waals surface area (Å²) in [6.45, 7) is 6.36. The van der Waals surface area contributed by atoms with E-state index >= 15 is 0 Å². The predicted molar refractivity (Wildman–Crippen MR) is 95.3 cm³/mol. The number of benzene rings is 1. The Morgan fingerprint density at radius 1 is 1.12 bits per heavy atom. The second-order valence-corrected chi connectivity index (χ2v) is 7.39. The molecule has 0 saturated carbocycles. The van der Waals surface area contributed by atoms with E-state index in [1.165, 1.54) is 6.42 Å². The normalized spacial score (nSPS) is 21.1. The molecular weight excluding hydrogens is 374 g/mol. The van der Waals surface area contributed by atoms with Gasteiger partial charge < -0.3 is 4.74 Å². The number of hydrogen-bond acceptors (Lipinski definition) is 4. The Labute approximate surface area is 151 Å². The Kier molecular flexibility index (Phi) is 7.05. The lowest BCUT2D eigenvalue weighted by Gasteiger charge is -2.34. The van der Waals surface area contributed by atoms with E-state index in [1.54, 1.807) is 12.1 Å². The van der Waals surface area contributed by atoms with Gasteiger partial charge in [0.05, 0.1) is 6.54 Å². The highest BCUT2D eigenvalue weighted by Gasteiger charge is 2.23. The minimum atomic E-state index is -0.397. The quantitative estimate of drug-likeness (QED) is 0.744. The summed E-state index contributed by atoms with van der Waals surface area (Å²) in [6, 6.07) is 7.18. The van der Waals surface area contributed by atoms with Crippen molar-refractivity contribution in [3.63, 3.8) is 0 Å². The summed E-state index contributed by atoms with van der Waals surface area (Å²) in [7, 11) is 0. The Bertz CT molecular complexity index is 555. The number of nitrogens with zero attached hydrogens (tertiary/aromatic N) is 1. The van der Waals surface area contributed by atoms with Crippen LogP contribution in [0, 0.1) is 11.8 Å². The second-order valence-electron chi connectivity index (χ2n) is 6.48. The van der Waals surface area contributed by atoms with Crippen LogP contribution in [-0.4, -0.2) is 43.0 Å². The van der Waals surface area contributed by atoms with Gasteiger partial charge in [-0.05, 0) is 42.5 Å². The lowest BCUT2D eigenvalue weighted by molar-refractivity contribution is -0.130. The van der Waals surface area contributed by atoms with Crippen molar-refractivity contribution in [2.45, 2.75) is 20.3 Å². The molecule has 0 unspecified atom stereocenters. The van der Waals surface area contributed by atoms with Crippen LogP contribution in [0.25, 0.3) is 0 Å². The SMILES string of the molecule is C[C@H]1C[C@H](C)CN(CC(=O)NNC(=O)COc2ccc(Br)cc2)C1. The van der Waals surface area contributed by atoms with Gasteiger partial charge >= 0.3 is 0 Å². The number of ether oxygens (including phenoxy) is 1. The number of carbonyl (C=O) groups is 2. The van der Waals surface area contributed by atoms with E-state index in [4.69, 9.17) is 4.74 Å². The predicted octanol–water partition coefficient (Wildman–Crippen LogP) is 1.95. The second kappa shape index (κ2) is 9.03. The third-order valence-electron chi connectivity index (χ3n) is 3.84. The summed E-state index contributed by atoms with van der Waals surface area (Å²) in [4.78, 5) is 25.8. The molecule has 1 saturated heterocycles. The van der Waals surface area contributed by atoms with Crippen LogP contribution in [0.3, 0.4) is 0 Å². The van der Waals surface area contributed by atoms with Gasteiger partial charge in [-0.1, -0.05) is 29.8 Å². The maximum atomic E-state index is 11.9. The van der Waals surface area contributed by atoms with Gasteiger partial charge in [0, 0.05) is 17.6 Å². The van der Waals surface area contributed by atoms with Gasteiger partial charge in [-0.15, -0.1) is 0 Å². The Hall–Kier alpha value is -1.60. The Morgan fingerprint density at radius 3 is 2.33 bits per heavy atom. The first kappa shape index (κ1) is 18.7. The molecule has 2 atom stereocenters. The zero-order valence-electron chi connectivity index (χ0n) is 14.0. The average molecular weight is 398 g/mol. The average Bonchev–Trinajstić information content (AvgIpc) is 2.51. The number of likely N-dealkylation sites (tertiary alicyclic amines) is 1. The van der Waals surface area contributed by atoms with Crippen molar-refractivity contribution < 1.29 is 14.3 Å². The molecule has 1 aliphatic heterocycles. The number of amides is 2. The Morgan fingerprint density at radius 2 is 1.71 bits per heavy atom. The Balaban J connectivity index is 1.65. The first-order valence-corrected chi connectivity index (χ1v) is 8.90. The summed E-state index contributed by atoms with van der Waals surface area (Å²) in [6.07, 6.45) is 1.20. The van der Waals surface area contributed by atoms with E-state index in [1.807, 2.05) is 12.1 Å². The van der Waals surface area contributed by atoms with Crippen LogP contribution in [0.4, 0.5) is 0 Å². The molecule has 0 radical (unpaired) electrons. The highest BCUT2D eigenvalue weighted by Crippen LogP contribution is 2.20. The van der Waals surface area contributed by atoms with Crippen molar-refractivity contribution in [2.24, 2.45) is 11.8 Å². The molecule has 0 spiro atoms. The molecule has 1 heterocycles. The van der Waals surface area contributed by atoms with E-state index in [2.05, 4.69) is 45.5 Å². The molecule has 24 heavy (non-hydrogen) atoms. The molecule has 7 heteroatoms. The van der Waals surface area contributed by atoms with Crippen molar-refractivity contribution in [2.75, 3.05) is 26.2 Å². The highest BCUT2D eigenvalue weighted by molar-refractivity contribution is 9.10. The summed E-state index contributed by atoms with van der Waals surface area (Å²) >= 11 is 3.33. The fraction of sp³-hybridized carbons (Fsp3) is 0.529. The zero-order chi connectivity index (χ0) is 17.5. The van der Waals surface area contributed by atoms with Crippen LogP contribution in [0.5, 0.6) is 5.75 Å². The van der Waals surface area contributed by atoms with Gasteiger partial charge in [-0.3, -0.25) is 25.3 Å². The van der Waals surface area contributed by atoms with Gasteiger partial charge in [0.15, 0.2) is 6.61 Å². The van der Waals surface area contributed by atoms with E-state index in [0.717, 1.165) is 17.6 Å². The van der Waals surface area contributed by atoms with E-state index < -0.39 is 5.91 Å². The number of piperidine rings is 1. The molecule has 0 aliphatic carbocycles. The number of hydrazine groups is 1. The maximum Gasteiger partial charge on any atom is 0.276 e. The van der Waals surface area contributed by atoms with Crippen LogP contribution in [0.1, 0.15) is 20.3 Å². The summed E-state index contributed by atoms with van der Waals surface area (Å²) in [5.41, 5.74) is 4.81. The molecule has 1 aromatic rings. The number of nitrogens with one attached hydrogen (secondary N) is 2. The van der Waals surface area contributed by atoms with Crippen molar-refractivity contribution in [1.82, 2.24) is 15.8 Å². The zero-order valence-corrected chi connectivity index (χ0v) is 15.6. The van der Waals surface area contributed by atoms with Crippen molar-refractivity contribution in [3.05, 3.63) is 28.7 Å². The van der Waals surface area contributed by atoms with Crippen molar-refractivity contribution in [3.8, 4) is 5.75 Å². The molecule has 2 rings (SSSR count). The topological polar surface area (TPSA) is 70.7 Å². The van der Waals surface area contributed by atoms with E-state index in [9.17, 15) is 9.59 Å². The van der Waals surface area contributed by atoms with Crippen molar-refractivity contribution in [1.29, 1.82) is 0 Å². The molecule has 1 aromatic carbocycles. The minimum absolute atomic E-state index is 0.153. The number of hydrogen-bond donors (Lipinski definition) is 2. The van der Waals surface area contributed by atoms with Crippen LogP contribution in [0.15, 0.2) is 28.7 Å². The first-order valence-electron chi connectivity index (χ1n) is 8.10. The molecule has 132 valence electrons. The molecule has 1 aliphatic rings. The number of halogens is 1. The molecular formula is C17H24BrN3O3. The standard InChI is InChI=1S/C17H24BrN3O3/c1-12-7-13(2)9-21(8-12)10-16(22)19-20-17(23)11-24-15-5-3-14(18)4-6-15/h3-6,12-13H,7-11H2,1-2H3,(H,19,22)(H,20,23)/t12-,13-/m0/s1. The molecule has 1 fully saturated rings. The third kappa shape index (κ3) is 6.49. The van der Waals surface area contributed by atoms with Crippen LogP contribution < -0.4 is 15.6 Å². The molecule has 6 nitrogen and oxygen atoms in total. The van der Waals surface area contributed by atoms with Crippen LogP contribution >= 0.6 is 15.9 Å². The number of rotatable bonds is 5. The first-order chi connectivity index (χ1) is 11.4. The monoisotopic (exact) mass is 397 g/mol. The molecule has 0 bridgehead atoms. The van der Waals surface area contributed by atoms with Gasteiger partial charge in [0.1, 0.15) is 5.75 Å². The smallest absolute Gasteiger partial charge is 0.276 e. The van der Waals surface area contributed by atoms with Gasteiger partial charge in [-0.25, -0.2) is 0 Å². The van der Waals surface area contributed by atoms with Gasteiger partial charge in [0.25, 0.3) is 11.8 Å². The van der Waals surface area contributed by atoms with Crippen LogP contribution in [0.2, 0.25) is 0 Å². The van der Waals surface area contributed by atoms with E-state index in [-0.39, 0.29) is 12.5 Å². The van der Waals surface area contributed by atoms with Gasteiger partial charge in [-0.2, -0.15) is 0 Å². The molecule has 2 amide bonds. The summed E-state index contributed by atoms with van der Waals surface area (Å²) in [5.74, 6) is 1.17. The number of carbonyl (C=O) groups excluding carboxylic acids is 2. The third-order valence-corrected chi connectivity index (χ3v) is 4.37. The summed E-state index contributed by atoms with van der Waals surface area (Å²) in [5, 5.41) is 0. The maximum absolute atomic E-state index is 11.9. The largest absolute Gasteiger partial charge is 0.484 e. The minimum Gasteiger partial charge on any atom is -0.484 e. The molecule has 2 N–H and O–H groups in total. The van der Waals surface area contributed by atoms with Crippen molar-refractivity contribution >= 4 is 27.7 Å². The van der Waals surface area contributed by atoms with Crippen LogP contribution in [-0.2, 0) is 9.59 Å². The van der Waals surface area contributed by atoms with Gasteiger partial charge in [0.2, 0.25) is 0 Å². The fourth-order valence-electron chi connectivity index (χ4n) is 3.02. The summed E-state index contributed by atoms with van der Waals surface area (Å²) < 4.78 is 6.28. The molecule has 0 aromatic heterocycles. The lowest BCUT2D eigenvalue weighted by atomic mass is 9.92. The fourth-order valence-corrected chi connectivity index (χ4v) is 3.28. The van der Waals surface area contributed by atoms with E-state index in [0.29, 0.717) is 24.1 Å². The lowest BCUT2D eigenvalue weighted by Crippen LogP contribution is -2.50. The highest BCUT2D eigenvalue weighted by atomic mass is 79.9.